The lowest BCUT2D eigenvalue weighted by molar-refractivity contribution is 0.268. The molecule has 1 aromatic carbocycles. The van der Waals surface area contributed by atoms with Crippen molar-refractivity contribution in [3.05, 3.63) is 35.6 Å². The highest BCUT2D eigenvalue weighted by molar-refractivity contribution is 5.21. The standard InChI is InChI=1S/C14H20FNO/c15-13-7-3-6-12(10-13)14(16-8-9-17)11-4-1-2-5-11/h3,6-7,10-11,14,16-17H,1-2,4-5,8-9H2/t14-/m0/s1. The molecule has 0 radical (unpaired) electrons. The molecule has 1 fully saturated rings. The van der Waals surface area contributed by atoms with E-state index in [0.717, 1.165) is 5.56 Å². The number of hydrogen-bond acceptors (Lipinski definition) is 2. The van der Waals surface area contributed by atoms with Gasteiger partial charge in [0, 0.05) is 12.6 Å². The van der Waals surface area contributed by atoms with E-state index < -0.39 is 0 Å². The second-order valence-corrected chi connectivity index (χ2v) is 4.75. The average Bonchev–Trinajstić information content (AvgIpc) is 2.83. The molecule has 1 aliphatic carbocycles. The quantitative estimate of drug-likeness (QED) is 0.825. The lowest BCUT2D eigenvalue weighted by Gasteiger charge is -2.25. The maximum absolute atomic E-state index is 13.3. The summed E-state index contributed by atoms with van der Waals surface area (Å²) in [7, 11) is 0. The van der Waals surface area contributed by atoms with Crippen molar-refractivity contribution >= 4 is 0 Å². The van der Waals surface area contributed by atoms with Crippen LogP contribution >= 0.6 is 0 Å². The molecule has 1 aliphatic rings. The molecule has 1 aromatic rings. The van der Waals surface area contributed by atoms with Crippen LogP contribution < -0.4 is 5.32 Å². The van der Waals surface area contributed by atoms with Crippen molar-refractivity contribution < 1.29 is 9.50 Å². The number of rotatable bonds is 5. The zero-order valence-corrected chi connectivity index (χ0v) is 10.0. The minimum absolute atomic E-state index is 0.124. The van der Waals surface area contributed by atoms with Gasteiger partial charge in [0.1, 0.15) is 5.82 Å². The van der Waals surface area contributed by atoms with E-state index in [1.165, 1.54) is 31.7 Å². The fourth-order valence-corrected chi connectivity index (χ4v) is 2.77. The normalized spacial score (nSPS) is 18.5. The van der Waals surface area contributed by atoms with Crippen LogP contribution in [-0.2, 0) is 0 Å². The fourth-order valence-electron chi connectivity index (χ4n) is 2.77. The molecule has 0 amide bonds. The summed E-state index contributed by atoms with van der Waals surface area (Å²) < 4.78 is 13.3. The third-order valence-electron chi connectivity index (χ3n) is 3.56. The van der Waals surface area contributed by atoms with Gasteiger partial charge in [-0.15, -0.1) is 0 Å². The predicted octanol–water partition coefficient (Wildman–Crippen LogP) is 2.64. The molecular weight excluding hydrogens is 217 g/mol. The van der Waals surface area contributed by atoms with Gasteiger partial charge in [-0.1, -0.05) is 25.0 Å². The van der Waals surface area contributed by atoms with Gasteiger partial charge < -0.3 is 10.4 Å². The van der Waals surface area contributed by atoms with Gasteiger partial charge in [-0.25, -0.2) is 4.39 Å². The van der Waals surface area contributed by atoms with Crippen LogP contribution in [0.4, 0.5) is 4.39 Å². The molecule has 1 saturated carbocycles. The summed E-state index contributed by atoms with van der Waals surface area (Å²) in [6, 6.07) is 6.98. The number of nitrogens with one attached hydrogen (secondary N) is 1. The van der Waals surface area contributed by atoms with Crippen LogP contribution in [0.5, 0.6) is 0 Å². The van der Waals surface area contributed by atoms with Gasteiger partial charge in [-0.3, -0.25) is 0 Å². The van der Waals surface area contributed by atoms with E-state index in [1.807, 2.05) is 6.07 Å². The van der Waals surface area contributed by atoms with Crippen molar-refractivity contribution in [2.24, 2.45) is 5.92 Å². The van der Waals surface area contributed by atoms with Crippen molar-refractivity contribution in [2.45, 2.75) is 31.7 Å². The highest BCUT2D eigenvalue weighted by Gasteiger charge is 2.25. The highest BCUT2D eigenvalue weighted by atomic mass is 19.1. The van der Waals surface area contributed by atoms with E-state index in [4.69, 9.17) is 5.11 Å². The fraction of sp³-hybridized carbons (Fsp3) is 0.571. The van der Waals surface area contributed by atoms with E-state index >= 15 is 0 Å². The summed E-state index contributed by atoms with van der Waals surface area (Å²) in [5.41, 5.74) is 1.00. The Morgan fingerprint density at radius 3 is 2.76 bits per heavy atom. The van der Waals surface area contributed by atoms with Crippen molar-refractivity contribution in [1.29, 1.82) is 0 Å². The third kappa shape index (κ3) is 3.27. The monoisotopic (exact) mass is 237 g/mol. The molecule has 2 nitrogen and oxygen atoms in total. The number of aliphatic hydroxyl groups is 1. The second kappa shape index (κ2) is 6.12. The number of halogens is 1. The molecule has 2 rings (SSSR count). The number of benzene rings is 1. The van der Waals surface area contributed by atoms with Crippen molar-refractivity contribution in [3.63, 3.8) is 0 Å². The summed E-state index contributed by atoms with van der Waals surface area (Å²) in [5.74, 6) is 0.389. The molecule has 17 heavy (non-hydrogen) atoms. The SMILES string of the molecule is OCCN[C@H](c1cccc(F)c1)C1CCCC1. The van der Waals surface area contributed by atoms with Gasteiger partial charge in [0.05, 0.1) is 6.61 Å². The summed E-state index contributed by atoms with van der Waals surface area (Å²) in [6.07, 6.45) is 4.91. The molecule has 0 spiro atoms. The molecule has 0 unspecified atom stereocenters. The van der Waals surface area contributed by atoms with Crippen molar-refractivity contribution in [2.75, 3.05) is 13.2 Å². The Balaban J connectivity index is 2.13. The Morgan fingerprint density at radius 1 is 1.35 bits per heavy atom. The highest BCUT2D eigenvalue weighted by Crippen LogP contribution is 2.35. The molecule has 0 aliphatic heterocycles. The summed E-state index contributed by atoms with van der Waals surface area (Å²) >= 11 is 0. The van der Waals surface area contributed by atoms with Gasteiger partial charge in [-0.2, -0.15) is 0 Å². The van der Waals surface area contributed by atoms with Crippen LogP contribution in [0.3, 0.4) is 0 Å². The number of aliphatic hydroxyl groups excluding tert-OH is 1. The Kier molecular flexibility index (Phi) is 4.51. The Hall–Kier alpha value is -0.930. The van der Waals surface area contributed by atoms with Gasteiger partial charge in [0.2, 0.25) is 0 Å². The number of hydrogen-bond donors (Lipinski definition) is 2. The van der Waals surface area contributed by atoms with Crippen molar-refractivity contribution in [3.8, 4) is 0 Å². The largest absolute Gasteiger partial charge is 0.395 e. The Morgan fingerprint density at radius 2 is 2.12 bits per heavy atom. The third-order valence-corrected chi connectivity index (χ3v) is 3.56. The van der Waals surface area contributed by atoms with Crippen LogP contribution in [0, 0.1) is 11.7 Å². The maximum Gasteiger partial charge on any atom is 0.123 e. The molecule has 0 saturated heterocycles. The molecule has 0 heterocycles. The zero-order chi connectivity index (χ0) is 12.1. The first-order valence-corrected chi connectivity index (χ1v) is 6.41. The predicted molar refractivity (Wildman–Crippen MR) is 66.2 cm³/mol. The van der Waals surface area contributed by atoms with Gasteiger partial charge in [0.25, 0.3) is 0 Å². The Bertz CT molecular complexity index is 350. The van der Waals surface area contributed by atoms with Gasteiger partial charge in [0.15, 0.2) is 0 Å². The van der Waals surface area contributed by atoms with Crippen LogP contribution in [0.15, 0.2) is 24.3 Å². The zero-order valence-electron chi connectivity index (χ0n) is 10.0. The minimum atomic E-state index is -0.184. The first-order chi connectivity index (χ1) is 8.31. The Labute approximate surface area is 102 Å². The average molecular weight is 237 g/mol. The maximum atomic E-state index is 13.3. The van der Waals surface area contributed by atoms with Crippen LogP contribution in [0.1, 0.15) is 37.3 Å². The summed E-state index contributed by atoms with van der Waals surface area (Å²) in [6.45, 7) is 0.691. The molecule has 0 bridgehead atoms. The van der Waals surface area contributed by atoms with E-state index in [2.05, 4.69) is 5.32 Å². The molecule has 0 aromatic heterocycles. The van der Waals surface area contributed by atoms with Gasteiger partial charge >= 0.3 is 0 Å². The lowest BCUT2D eigenvalue weighted by atomic mass is 9.91. The molecule has 2 N–H and O–H groups in total. The summed E-state index contributed by atoms with van der Waals surface area (Å²) in [5, 5.41) is 12.3. The van der Waals surface area contributed by atoms with E-state index in [0.29, 0.717) is 12.5 Å². The van der Waals surface area contributed by atoms with Gasteiger partial charge in [-0.05, 0) is 36.5 Å². The first-order valence-electron chi connectivity index (χ1n) is 6.41. The first kappa shape index (κ1) is 12.5. The summed E-state index contributed by atoms with van der Waals surface area (Å²) in [4.78, 5) is 0. The molecule has 94 valence electrons. The van der Waals surface area contributed by atoms with E-state index in [1.54, 1.807) is 12.1 Å². The molecule has 3 heteroatoms. The van der Waals surface area contributed by atoms with E-state index in [9.17, 15) is 4.39 Å². The minimum Gasteiger partial charge on any atom is -0.395 e. The lowest BCUT2D eigenvalue weighted by Crippen LogP contribution is -2.29. The molecule has 1 atom stereocenters. The second-order valence-electron chi connectivity index (χ2n) is 4.75. The van der Waals surface area contributed by atoms with Crippen LogP contribution in [0.2, 0.25) is 0 Å². The topological polar surface area (TPSA) is 32.3 Å². The smallest absolute Gasteiger partial charge is 0.123 e. The van der Waals surface area contributed by atoms with Crippen molar-refractivity contribution in [1.82, 2.24) is 5.32 Å². The van der Waals surface area contributed by atoms with Crippen LogP contribution in [0.25, 0.3) is 0 Å². The molecular formula is C14H20FNO. The van der Waals surface area contributed by atoms with E-state index in [-0.39, 0.29) is 18.5 Å². The van der Waals surface area contributed by atoms with Crippen LogP contribution in [-0.4, -0.2) is 18.3 Å².